The second-order valence-corrected chi connectivity index (χ2v) is 11.6. The fourth-order valence-electron chi connectivity index (χ4n) is 3.91. The number of rotatable bonds is 10. The molecule has 4 aromatic rings. The molecular weight excluding hydrogens is 504 g/mol. The van der Waals surface area contributed by atoms with E-state index >= 15 is 0 Å². The van der Waals surface area contributed by atoms with Gasteiger partial charge in [0, 0.05) is 18.9 Å². The third-order valence-electron chi connectivity index (χ3n) is 5.99. The van der Waals surface area contributed by atoms with Crippen LogP contribution in [-0.4, -0.2) is 37.3 Å². The maximum Gasteiger partial charge on any atom is 0.263 e. The normalized spacial score (nSPS) is 11.8. The molecule has 0 bridgehead atoms. The van der Waals surface area contributed by atoms with Gasteiger partial charge in [-0.05, 0) is 41.7 Å². The molecule has 0 unspecified atom stereocenters. The van der Waals surface area contributed by atoms with Crippen molar-refractivity contribution in [2.75, 3.05) is 18.4 Å². The summed E-state index contributed by atoms with van der Waals surface area (Å²) in [6.07, 6.45) is 2.03. The standard InChI is InChI=1S/C28H32N4O5S/c1-19-16-22(37-31-19)14-15-36-27-24(17-20-8-6-7-9-25(20)35-5)26(29-18-30-27)32-38(33,34)23-12-10-21(11-13-23)28(2,3)4/h6-13,16,18H,14-15,17H2,1-5H3,(H,29,30,32). The first kappa shape index (κ1) is 27.1. The summed E-state index contributed by atoms with van der Waals surface area (Å²) in [5.41, 5.74) is 3.04. The zero-order valence-electron chi connectivity index (χ0n) is 22.2. The molecule has 9 nitrogen and oxygen atoms in total. The number of hydrogen-bond donors (Lipinski definition) is 1. The van der Waals surface area contributed by atoms with Gasteiger partial charge < -0.3 is 14.0 Å². The highest BCUT2D eigenvalue weighted by molar-refractivity contribution is 7.92. The number of sulfonamides is 1. The number of aromatic nitrogens is 3. The molecule has 0 saturated carbocycles. The number of benzene rings is 2. The van der Waals surface area contributed by atoms with Crippen LogP contribution in [0.4, 0.5) is 5.82 Å². The Hall–Kier alpha value is -3.92. The number of aryl methyl sites for hydroxylation is 1. The van der Waals surface area contributed by atoms with Crippen molar-refractivity contribution in [2.24, 2.45) is 0 Å². The summed E-state index contributed by atoms with van der Waals surface area (Å²) < 4.78 is 46.1. The largest absolute Gasteiger partial charge is 0.496 e. The Morgan fingerprint density at radius 3 is 2.42 bits per heavy atom. The zero-order valence-corrected chi connectivity index (χ0v) is 23.0. The molecular formula is C28H32N4O5S. The molecule has 0 atom stereocenters. The van der Waals surface area contributed by atoms with Gasteiger partial charge in [0.25, 0.3) is 10.0 Å². The van der Waals surface area contributed by atoms with Gasteiger partial charge >= 0.3 is 0 Å². The molecule has 38 heavy (non-hydrogen) atoms. The molecule has 0 fully saturated rings. The topological polar surface area (TPSA) is 116 Å². The van der Waals surface area contributed by atoms with E-state index in [1.54, 1.807) is 19.2 Å². The molecule has 2 aromatic heterocycles. The van der Waals surface area contributed by atoms with Crippen LogP contribution in [0, 0.1) is 6.92 Å². The predicted molar refractivity (Wildman–Crippen MR) is 144 cm³/mol. The van der Waals surface area contributed by atoms with Gasteiger partial charge in [0.2, 0.25) is 5.88 Å². The van der Waals surface area contributed by atoms with Crippen LogP contribution >= 0.6 is 0 Å². The number of nitrogens with zero attached hydrogens (tertiary/aromatic N) is 3. The van der Waals surface area contributed by atoms with Gasteiger partial charge in [-0.15, -0.1) is 0 Å². The van der Waals surface area contributed by atoms with Gasteiger partial charge in [0.15, 0.2) is 5.82 Å². The van der Waals surface area contributed by atoms with Crippen molar-refractivity contribution in [3.8, 4) is 11.6 Å². The van der Waals surface area contributed by atoms with E-state index in [0.717, 1.165) is 16.8 Å². The van der Waals surface area contributed by atoms with Crippen LogP contribution in [0.25, 0.3) is 0 Å². The third-order valence-corrected chi connectivity index (χ3v) is 7.35. The minimum absolute atomic E-state index is 0.0963. The lowest BCUT2D eigenvalue weighted by Crippen LogP contribution is -2.18. The predicted octanol–water partition coefficient (Wildman–Crippen LogP) is 5.09. The van der Waals surface area contributed by atoms with Crippen LogP contribution < -0.4 is 14.2 Å². The minimum atomic E-state index is -3.93. The quantitative estimate of drug-likeness (QED) is 0.298. The lowest BCUT2D eigenvalue weighted by molar-refractivity contribution is 0.284. The first-order valence-electron chi connectivity index (χ1n) is 12.2. The Bertz CT molecular complexity index is 1490. The summed E-state index contributed by atoms with van der Waals surface area (Å²) in [5, 5.41) is 3.89. The number of methoxy groups -OCH3 is 1. The molecule has 0 aliphatic heterocycles. The van der Waals surface area contributed by atoms with Crippen molar-refractivity contribution in [2.45, 2.75) is 50.8 Å². The number of anilines is 1. The molecule has 0 radical (unpaired) electrons. The lowest BCUT2D eigenvalue weighted by Gasteiger charge is -2.19. The number of ether oxygens (including phenoxy) is 2. The smallest absolute Gasteiger partial charge is 0.263 e. The maximum absolute atomic E-state index is 13.3. The van der Waals surface area contributed by atoms with Crippen LogP contribution in [-0.2, 0) is 28.3 Å². The molecule has 0 amide bonds. The molecule has 10 heteroatoms. The Labute approximate surface area is 223 Å². The summed E-state index contributed by atoms with van der Waals surface area (Å²) >= 11 is 0. The Morgan fingerprint density at radius 2 is 1.76 bits per heavy atom. The average Bonchev–Trinajstić information content (AvgIpc) is 3.30. The zero-order chi connectivity index (χ0) is 27.3. The van der Waals surface area contributed by atoms with Crippen LogP contribution in [0.1, 0.15) is 48.9 Å². The van der Waals surface area contributed by atoms with Crippen molar-refractivity contribution in [3.05, 3.63) is 89.1 Å². The molecule has 0 aliphatic rings. The molecule has 200 valence electrons. The first-order chi connectivity index (χ1) is 18.1. The second-order valence-electron chi connectivity index (χ2n) is 9.91. The number of para-hydroxylation sites is 1. The van der Waals surface area contributed by atoms with Gasteiger partial charge in [-0.3, -0.25) is 4.72 Å². The van der Waals surface area contributed by atoms with E-state index in [9.17, 15) is 8.42 Å². The fraction of sp³-hybridized carbons (Fsp3) is 0.321. The van der Waals surface area contributed by atoms with E-state index in [-0.39, 0.29) is 35.0 Å². The Kier molecular flexibility index (Phi) is 8.01. The van der Waals surface area contributed by atoms with Gasteiger partial charge in [0.1, 0.15) is 17.8 Å². The minimum Gasteiger partial charge on any atom is -0.496 e. The van der Waals surface area contributed by atoms with E-state index in [1.165, 1.54) is 6.33 Å². The maximum atomic E-state index is 13.3. The summed E-state index contributed by atoms with van der Waals surface area (Å²) in [6.45, 7) is 8.32. The van der Waals surface area contributed by atoms with E-state index in [4.69, 9.17) is 14.0 Å². The third kappa shape index (κ3) is 6.49. The summed E-state index contributed by atoms with van der Waals surface area (Å²) in [6, 6.07) is 16.2. The van der Waals surface area contributed by atoms with Crippen LogP contribution in [0.2, 0.25) is 0 Å². The van der Waals surface area contributed by atoms with E-state index in [0.29, 0.717) is 23.5 Å². The highest BCUT2D eigenvalue weighted by atomic mass is 32.2. The van der Waals surface area contributed by atoms with Crippen molar-refractivity contribution in [1.82, 2.24) is 15.1 Å². The number of hydrogen-bond acceptors (Lipinski definition) is 8. The molecule has 0 saturated heterocycles. The van der Waals surface area contributed by atoms with E-state index in [2.05, 4.69) is 40.6 Å². The second kappa shape index (κ2) is 11.2. The molecule has 0 aliphatic carbocycles. The molecule has 2 heterocycles. The van der Waals surface area contributed by atoms with Crippen LogP contribution in [0.5, 0.6) is 11.6 Å². The van der Waals surface area contributed by atoms with Crippen LogP contribution in [0.15, 0.2) is 70.3 Å². The van der Waals surface area contributed by atoms with Crippen LogP contribution in [0.3, 0.4) is 0 Å². The van der Waals surface area contributed by atoms with E-state index in [1.807, 2.05) is 49.4 Å². The molecule has 4 rings (SSSR count). The Morgan fingerprint density at radius 1 is 1.03 bits per heavy atom. The van der Waals surface area contributed by atoms with Crippen molar-refractivity contribution >= 4 is 15.8 Å². The SMILES string of the molecule is COc1ccccc1Cc1c(NS(=O)(=O)c2ccc(C(C)(C)C)cc2)ncnc1OCCc1cc(C)no1. The van der Waals surface area contributed by atoms with Gasteiger partial charge in [0.05, 0.1) is 29.9 Å². The highest BCUT2D eigenvalue weighted by Gasteiger charge is 2.22. The van der Waals surface area contributed by atoms with Crippen molar-refractivity contribution in [1.29, 1.82) is 0 Å². The van der Waals surface area contributed by atoms with E-state index < -0.39 is 10.0 Å². The molecule has 1 N–H and O–H groups in total. The monoisotopic (exact) mass is 536 g/mol. The van der Waals surface area contributed by atoms with Crippen molar-refractivity contribution in [3.63, 3.8) is 0 Å². The average molecular weight is 537 g/mol. The van der Waals surface area contributed by atoms with Gasteiger partial charge in [-0.1, -0.05) is 56.3 Å². The van der Waals surface area contributed by atoms with Crippen molar-refractivity contribution < 1.29 is 22.4 Å². The van der Waals surface area contributed by atoms with Gasteiger partial charge in [-0.25, -0.2) is 18.4 Å². The summed E-state index contributed by atoms with van der Waals surface area (Å²) in [4.78, 5) is 8.73. The first-order valence-corrected chi connectivity index (χ1v) is 13.7. The fourth-order valence-corrected chi connectivity index (χ4v) is 4.95. The molecule has 2 aromatic carbocycles. The summed E-state index contributed by atoms with van der Waals surface area (Å²) in [7, 11) is -2.35. The number of nitrogens with one attached hydrogen (secondary N) is 1. The lowest BCUT2D eigenvalue weighted by atomic mass is 9.87. The summed E-state index contributed by atoms with van der Waals surface area (Å²) in [5.74, 6) is 1.74. The highest BCUT2D eigenvalue weighted by Crippen LogP contribution is 2.31. The Balaban J connectivity index is 1.65. The molecule has 0 spiro atoms. The van der Waals surface area contributed by atoms with Gasteiger partial charge in [-0.2, -0.15) is 0 Å².